The summed E-state index contributed by atoms with van der Waals surface area (Å²) in [5, 5.41) is 7.15. The first-order valence-corrected chi connectivity index (χ1v) is 10.0. The lowest BCUT2D eigenvalue weighted by Crippen LogP contribution is -2.30. The summed E-state index contributed by atoms with van der Waals surface area (Å²) in [6.07, 6.45) is 2.29. The lowest BCUT2D eigenvalue weighted by molar-refractivity contribution is 0.379. The summed E-state index contributed by atoms with van der Waals surface area (Å²) >= 11 is 1.88. The Hall–Kier alpha value is -1.61. The molecule has 4 rings (SSSR count). The zero-order chi connectivity index (χ0) is 17.7. The van der Waals surface area contributed by atoms with E-state index in [9.17, 15) is 0 Å². The highest BCUT2D eigenvalue weighted by Crippen LogP contribution is 2.39. The van der Waals surface area contributed by atoms with Gasteiger partial charge < -0.3 is 10.6 Å². The molecule has 2 aliphatic heterocycles. The van der Waals surface area contributed by atoms with Crippen LogP contribution in [0.1, 0.15) is 38.8 Å². The summed E-state index contributed by atoms with van der Waals surface area (Å²) in [6.45, 7) is 11.4. The summed E-state index contributed by atoms with van der Waals surface area (Å²) in [5.41, 5.74) is 6.17. The molecule has 2 nitrogen and oxygen atoms in total. The molecular weight excluding hydrogens is 324 g/mol. The van der Waals surface area contributed by atoms with Gasteiger partial charge in [-0.15, -0.1) is 0 Å². The number of hydrogen-bond acceptors (Lipinski definition) is 3. The van der Waals surface area contributed by atoms with Crippen LogP contribution in [0.3, 0.4) is 0 Å². The Morgan fingerprint density at radius 1 is 0.720 bits per heavy atom. The Kier molecular flexibility index (Phi) is 4.03. The van der Waals surface area contributed by atoms with Crippen LogP contribution in [-0.4, -0.2) is 13.1 Å². The van der Waals surface area contributed by atoms with Gasteiger partial charge in [0.1, 0.15) is 0 Å². The lowest BCUT2D eigenvalue weighted by atomic mass is 9.82. The van der Waals surface area contributed by atoms with E-state index in [4.69, 9.17) is 0 Å². The third-order valence-electron chi connectivity index (χ3n) is 5.24. The quantitative estimate of drug-likeness (QED) is 0.711. The first kappa shape index (κ1) is 16.8. The normalized spacial score (nSPS) is 20.0. The first-order chi connectivity index (χ1) is 11.8. The lowest BCUT2D eigenvalue weighted by Gasteiger charge is -2.33. The number of fused-ring (bicyclic) bond motifs is 2. The van der Waals surface area contributed by atoms with E-state index in [-0.39, 0.29) is 0 Å². The molecule has 2 N–H and O–H groups in total. The van der Waals surface area contributed by atoms with E-state index in [1.807, 2.05) is 11.8 Å². The van der Waals surface area contributed by atoms with Gasteiger partial charge in [-0.2, -0.15) is 0 Å². The summed E-state index contributed by atoms with van der Waals surface area (Å²) < 4.78 is 0. The zero-order valence-electron chi connectivity index (χ0n) is 15.7. The van der Waals surface area contributed by atoms with Gasteiger partial charge in [0.15, 0.2) is 0 Å². The fraction of sp³-hybridized carbons (Fsp3) is 0.455. The van der Waals surface area contributed by atoms with Crippen LogP contribution in [0.2, 0.25) is 0 Å². The summed E-state index contributed by atoms with van der Waals surface area (Å²) in [4.78, 5) is 2.67. The van der Waals surface area contributed by atoms with Gasteiger partial charge in [0.05, 0.1) is 0 Å². The maximum absolute atomic E-state index is 3.58. The smallest absolute Gasteiger partial charge is 0.0373 e. The van der Waals surface area contributed by atoms with Crippen LogP contribution in [0.5, 0.6) is 0 Å². The molecule has 0 atom stereocenters. The Labute approximate surface area is 155 Å². The van der Waals surface area contributed by atoms with E-state index in [0.29, 0.717) is 10.8 Å². The minimum atomic E-state index is 0.333. The van der Waals surface area contributed by atoms with E-state index in [1.54, 1.807) is 0 Å². The van der Waals surface area contributed by atoms with E-state index in [0.717, 1.165) is 25.9 Å². The molecule has 0 aromatic heterocycles. The molecule has 0 unspecified atom stereocenters. The monoisotopic (exact) mass is 352 g/mol. The van der Waals surface area contributed by atoms with Crippen molar-refractivity contribution in [3.05, 3.63) is 47.5 Å². The number of nitrogens with one attached hydrogen (secondary N) is 2. The van der Waals surface area contributed by atoms with Gasteiger partial charge in [0.25, 0.3) is 0 Å². The molecule has 3 heteroatoms. The molecule has 0 aliphatic carbocycles. The highest BCUT2D eigenvalue weighted by molar-refractivity contribution is 7.99. The Morgan fingerprint density at radius 2 is 1.16 bits per heavy atom. The van der Waals surface area contributed by atoms with Gasteiger partial charge in [-0.05, 0) is 71.2 Å². The minimum absolute atomic E-state index is 0.333. The highest BCUT2D eigenvalue weighted by Gasteiger charge is 2.26. The third-order valence-corrected chi connectivity index (χ3v) is 6.22. The molecule has 132 valence electrons. The van der Waals surface area contributed by atoms with Gasteiger partial charge >= 0.3 is 0 Å². The van der Waals surface area contributed by atoms with E-state index in [1.165, 1.54) is 32.3 Å². The molecule has 2 aromatic carbocycles. The summed E-state index contributed by atoms with van der Waals surface area (Å²) in [6, 6.07) is 13.7. The minimum Gasteiger partial charge on any atom is -0.384 e. The summed E-state index contributed by atoms with van der Waals surface area (Å²) in [5.74, 6) is 0. The topological polar surface area (TPSA) is 24.1 Å². The largest absolute Gasteiger partial charge is 0.384 e. The number of anilines is 2. The molecule has 0 bridgehead atoms. The molecule has 2 heterocycles. The molecule has 2 aliphatic rings. The van der Waals surface area contributed by atoms with Crippen LogP contribution in [0.25, 0.3) is 0 Å². The predicted molar refractivity (Wildman–Crippen MR) is 109 cm³/mol. The second kappa shape index (κ2) is 5.98. The second-order valence-electron chi connectivity index (χ2n) is 9.13. The van der Waals surface area contributed by atoms with E-state index in [2.05, 4.69) is 74.7 Å². The molecule has 0 saturated carbocycles. The van der Waals surface area contributed by atoms with Crippen LogP contribution in [-0.2, 0) is 12.8 Å². The number of rotatable bonds is 2. The van der Waals surface area contributed by atoms with Crippen molar-refractivity contribution >= 4 is 23.1 Å². The van der Waals surface area contributed by atoms with Crippen molar-refractivity contribution in [1.82, 2.24) is 0 Å². The average molecular weight is 353 g/mol. The van der Waals surface area contributed by atoms with Gasteiger partial charge in [0.2, 0.25) is 0 Å². The summed E-state index contributed by atoms with van der Waals surface area (Å²) in [7, 11) is 0. The average Bonchev–Trinajstić information content (AvgIpc) is 2.52. The standard InChI is InChI=1S/C22H28N2S/c1-21(2)11-15-9-17(5-7-19(15)23-13-21)25-18-6-8-20-16(10-18)12-22(3,4)14-24-20/h5-10,23-24H,11-14H2,1-4H3. The Balaban J connectivity index is 1.57. The van der Waals surface area contributed by atoms with Gasteiger partial charge in [-0.1, -0.05) is 39.5 Å². The Bertz CT molecular complexity index is 740. The molecule has 0 spiro atoms. The maximum Gasteiger partial charge on any atom is 0.0373 e. The van der Waals surface area contributed by atoms with Crippen LogP contribution in [0.15, 0.2) is 46.2 Å². The van der Waals surface area contributed by atoms with E-state index < -0.39 is 0 Å². The molecule has 0 amide bonds. The molecule has 0 saturated heterocycles. The van der Waals surface area contributed by atoms with Gasteiger partial charge in [-0.25, -0.2) is 0 Å². The molecule has 0 radical (unpaired) electrons. The highest BCUT2D eigenvalue weighted by atomic mass is 32.2. The first-order valence-electron chi connectivity index (χ1n) is 9.21. The molecule has 2 aromatic rings. The number of hydrogen-bond donors (Lipinski definition) is 2. The number of benzene rings is 2. The van der Waals surface area contributed by atoms with Crippen molar-refractivity contribution in [3.8, 4) is 0 Å². The fourth-order valence-electron chi connectivity index (χ4n) is 3.87. The molecule has 25 heavy (non-hydrogen) atoms. The van der Waals surface area contributed by atoms with Crippen molar-refractivity contribution < 1.29 is 0 Å². The van der Waals surface area contributed by atoms with Gasteiger partial charge in [0, 0.05) is 34.3 Å². The predicted octanol–water partition coefficient (Wildman–Crippen LogP) is 5.83. The van der Waals surface area contributed by atoms with Crippen molar-refractivity contribution in [2.24, 2.45) is 10.8 Å². The third kappa shape index (κ3) is 3.67. The maximum atomic E-state index is 3.58. The van der Waals surface area contributed by atoms with Crippen molar-refractivity contribution in [2.75, 3.05) is 23.7 Å². The van der Waals surface area contributed by atoms with Crippen LogP contribution in [0, 0.1) is 10.8 Å². The van der Waals surface area contributed by atoms with Crippen LogP contribution < -0.4 is 10.6 Å². The zero-order valence-corrected chi connectivity index (χ0v) is 16.5. The van der Waals surface area contributed by atoms with Crippen molar-refractivity contribution in [2.45, 2.75) is 50.3 Å². The van der Waals surface area contributed by atoms with Crippen LogP contribution >= 0.6 is 11.8 Å². The van der Waals surface area contributed by atoms with Crippen molar-refractivity contribution in [1.29, 1.82) is 0 Å². The fourth-order valence-corrected chi connectivity index (χ4v) is 4.81. The van der Waals surface area contributed by atoms with Gasteiger partial charge in [-0.3, -0.25) is 0 Å². The Morgan fingerprint density at radius 3 is 1.60 bits per heavy atom. The van der Waals surface area contributed by atoms with Crippen molar-refractivity contribution in [3.63, 3.8) is 0 Å². The van der Waals surface area contributed by atoms with E-state index >= 15 is 0 Å². The second-order valence-corrected chi connectivity index (χ2v) is 10.3. The van der Waals surface area contributed by atoms with Crippen LogP contribution in [0.4, 0.5) is 11.4 Å². The molecular formula is C22H28N2S. The molecule has 0 fully saturated rings. The SMILES string of the molecule is CC1(C)CNc2ccc(Sc3ccc4c(c3)CC(C)(C)CN4)cc2C1.